The lowest BCUT2D eigenvalue weighted by atomic mass is 10.1. The fourth-order valence-electron chi connectivity index (χ4n) is 2.06. The van der Waals surface area contributed by atoms with Gasteiger partial charge in [-0.1, -0.05) is 38.3 Å². The van der Waals surface area contributed by atoms with E-state index < -0.39 is 0 Å². The van der Waals surface area contributed by atoms with Crippen molar-refractivity contribution in [2.45, 2.75) is 45.6 Å². The number of methoxy groups -OCH3 is 1. The van der Waals surface area contributed by atoms with E-state index >= 15 is 0 Å². The van der Waals surface area contributed by atoms with Crippen molar-refractivity contribution in [1.82, 2.24) is 5.32 Å². The molecule has 0 aliphatic heterocycles. The first-order valence-electron chi connectivity index (χ1n) is 7.65. The molecule has 0 bridgehead atoms. The van der Waals surface area contributed by atoms with E-state index in [-0.39, 0.29) is 12.3 Å². The third-order valence-corrected chi connectivity index (χ3v) is 3.24. The second kappa shape index (κ2) is 10.5. The Morgan fingerprint density at radius 3 is 2.82 bits per heavy atom. The zero-order valence-corrected chi connectivity index (χ0v) is 13.4. The summed E-state index contributed by atoms with van der Waals surface area (Å²) in [6, 6.07) is 7.40. The van der Waals surface area contributed by atoms with E-state index in [0.717, 1.165) is 18.4 Å². The van der Waals surface area contributed by atoms with Crippen LogP contribution in [0, 0.1) is 11.3 Å². The number of para-hydroxylation sites is 1. The van der Waals surface area contributed by atoms with Gasteiger partial charge < -0.3 is 14.8 Å². The molecule has 0 saturated carbocycles. The van der Waals surface area contributed by atoms with Crippen molar-refractivity contribution < 1.29 is 14.3 Å². The van der Waals surface area contributed by atoms with Gasteiger partial charge in [0.1, 0.15) is 6.42 Å². The Balaban J connectivity index is 2.66. The second-order valence-corrected chi connectivity index (χ2v) is 4.97. The lowest BCUT2D eigenvalue weighted by Crippen LogP contribution is -2.22. The minimum atomic E-state index is -0.292. The van der Waals surface area contributed by atoms with E-state index in [9.17, 15) is 4.79 Å². The van der Waals surface area contributed by atoms with Crippen LogP contribution in [0.15, 0.2) is 18.2 Å². The molecule has 0 spiro atoms. The quantitative estimate of drug-likeness (QED) is 0.674. The Hall–Kier alpha value is -2.22. The Morgan fingerprint density at radius 1 is 1.32 bits per heavy atom. The molecule has 5 nitrogen and oxygen atoms in total. The van der Waals surface area contributed by atoms with E-state index in [2.05, 4.69) is 12.2 Å². The number of hydrogen-bond donors (Lipinski definition) is 1. The van der Waals surface area contributed by atoms with Crippen molar-refractivity contribution in [2.24, 2.45) is 0 Å². The van der Waals surface area contributed by atoms with Gasteiger partial charge in [-0.05, 0) is 12.5 Å². The molecule has 1 N–H and O–H groups in total. The number of unbranched alkanes of at least 4 members (excludes halogenated alkanes) is 3. The molecule has 22 heavy (non-hydrogen) atoms. The van der Waals surface area contributed by atoms with Crippen LogP contribution in [0.5, 0.6) is 11.5 Å². The minimum Gasteiger partial charge on any atom is -0.493 e. The zero-order valence-electron chi connectivity index (χ0n) is 13.4. The lowest BCUT2D eigenvalue weighted by molar-refractivity contribution is -0.120. The van der Waals surface area contributed by atoms with Gasteiger partial charge in [0.05, 0.1) is 19.8 Å². The molecule has 0 saturated heterocycles. The number of rotatable bonds is 10. The predicted octanol–water partition coefficient (Wildman–Crippen LogP) is 3.18. The lowest BCUT2D eigenvalue weighted by Gasteiger charge is -2.15. The van der Waals surface area contributed by atoms with E-state index in [1.54, 1.807) is 7.11 Å². The van der Waals surface area contributed by atoms with Crippen molar-refractivity contribution in [3.63, 3.8) is 0 Å². The number of benzene rings is 1. The van der Waals surface area contributed by atoms with Crippen molar-refractivity contribution in [1.29, 1.82) is 5.26 Å². The summed E-state index contributed by atoms with van der Waals surface area (Å²) in [5.74, 6) is 1.03. The Bertz CT molecular complexity index is 509. The number of nitrogens with one attached hydrogen (secondary N) is 1. The summed E-state index contributed by atoms with van der Waals surface area (Å²) in [6.07, 6.45) is 4.38. The smallest absolute Gasteiger partial charge is 0.234 e. The number of amides is 1. The van der Waals surface area contributed by atoms with Crippen molar-refractivity contribution in [3.8, 4) is 17.6 Å². The number of nitriles is 1. The van der Waals surface area contributed by atoms with Crippen LogP contribution in [0.3, 0.4) is 0 Å². The zero-order chi connectivity index (χ0) is 16.2. The molecule has 1 aromatic carbocycles. The summed E-state index contributed by atoms with van der Waals surface area (Å²) >= 11 is 0. The highest BCUT2D eigenvalue weighted by Crippen LogP contribution is 2.31. The molecule has 0 aliphatic rings. The van der Waals surface area contributed by atoms with Crippen molar-refractivity contribution in [3.05, 3.63) is 23.8 Å². The summed E-state index contributed by atoms with van der Waals surface area (Å²) in [4.78, 5) is 11.4. The molecule has 0 unspecified atom stereocenters. The SMILES string of the molecule is CCCCCCOc1c(CNC(=O)CC#N)cccc1OC. The van der Waals surface area contributed by atoms with Gasteiger partial charge in [0.15, 0.2) is 11.5 Å². The molecular formula is C17H24N2O3. The summed E-state index contributed by atoms with van der Waals surface area (Å²) < 4.78 is 11.2. The molecule has 1 aromatic rings. The van der Waals surface area contributed by atoms with Gasteiger partial charge in [-0.15, -0.1) is 0 Å². The largest absolute Gasteiger partial charge is 0.493 e. The van der Waals surface area contributed by atoms with Crippen LogP contribution in [-0.2, 0) is 11.3 Å². The van der Waals surface area contributed by atoms with E-state index in [4.69, 9.17) is 14.7 Å². The van der Waals surface area contributed by atoms with E-state index in [0.29, 0.717) is 24.7 Å². The normalized spacial score (nSPS) is 9.86. The highest BCUT2D eigenvalue weighted by Gasteiger charge is 2.11. The maximum Gasteiger partial charge on any atom is 0.234 e. The number of nitrogens with zero attached hydrogens (tertiary/aromatic N) is 1. The summed E-state index contributed by atoms with van der Waals surface area (Å²) in [5, 5.41) is 11.2. The fraction of sp³-hybridized carbons (Fsp3) is 0.529. The van der Waals surface area contributed by atoms with E-state index in [1.807, 2.05) is 24.3 Å². The molecule has 1 amide bonds. The maximum atomic E-state index is 11.4. The van der Waals surface area contributed by atoms with Gasteiger partial charge >= 0.3 is 0 Å². The highest BCUT2D eigenvalue weighted by molar-refractivity contribution is 5.78. The minimum absolute atomic E-state index is 0.142. The maximum absolute atomic E-state index is 11.4. The summed E-state index contributed by atoms with van der Waals surface area (Å²) in [7, 11) is 1.59. The number of carbonyl (C=O) groups is 1. The Labute approximate surface area is 132 Å². The molecule has 0 fully saturated rings. The van der Waals surface area contributed by atoms with Crippen molar-refractivity contribution >= 4 is 5.91 Å². The number of hydrogen-bond acceptors (Lipinski definition) is 4. The van der Waals surface area contributed by atoms with Crippen LogP contribution >= 0.6 is 0 Å². The molecule has 0 aliphatic carbocycles. The monoisotopic (exact) mass is 304 g/mol. The van der Waals surface area contributed by atoms with Crippen LogP contribution in [0.2, 0.25) is 0 Å². The van der Waals surface area contributed by atoms with Gasteiger partial charge in [-0.25, -0.2) is 0 Å². The predicted molar refractivity (Wildman–Crippen MR) is 84.7 cm³/mol. The number of carbonyl (C=O) groups excluding carboxylic acids is 1. The van der Waals surface area contributed by atoms with Crippen LogP contribution in [0.1, 0.15) is 44.6 Å². The van der Waals surface area contributed by atoms with Crippen LogP contribution in [0.25, 0.3) is 0 Å². The first kappa shape index (κ1) is 17.8. The second-order valence-electron chi connectivity index (χ2n) is 4.97. The van der Waals surface area contributed by atoms with Gasteiger partial charge in [0.25, 0.3) is 0 Å². The van der Waals surface area contributed by atoms with Gasteiger partial charge in [-0.3, -0.25) is 4.79 Å². The summed E-state index contributed by atoms with van der Waals surface area (Å²) in [5.41, 5.74) is 0.848. The first-order valence-corrected chi connectivity index (χ1v) is 7.65. The Kier molecular flexibility index (Phi) is 8.51. The molecule has 0 radical (unpaired) electrons. The molecule has 120 valence electrons. The average Bonchev–Trinajstić information content (AvgIpc) is 2.53. The van der Waals surface area contributed by atoms with Crippen LogP contribution in [0.4, 0.5) is 0 Å². The fourth-order valence-corrected chi connectivity index (χ4v) is 2.06. The van der Waals surface area contributed by atoms with Crippen LogP contribution < -0.4 is 14.8 Å². The third kappa shape index (κ3) is 6.04. The molecule has 1 rings (SSSR count). The topological polar surface area (TPSA) is 71.3 Å². The van der Waals surface area contributed by atoms with Gasteiger partial charge in [-0.2, -0.15) is 5.26 Å². The molecule has 0 heterocycles. The molecular weight excluding hydrogens is 280 g/mol. The summed E-state index contributed by atoms with van der Waals surface area (Å²) in [6.45, 7) is 3.12. The molecule has 0 atom stereocenters. The standard InChI is InChI=1S/C17H24N2O3/c1-3-4-5-6-12-22-17-14(8-7-9-15(17)21-2)13-19-16(20)10-11-18/h7-9H,3-6,10,12-13H2,1-2H3,(H,19,20). The average molecular weight is 304 g/mol. The third-order valence-electron chi connectivity index (χ3n) is 3.24. The van der Waals surface area contributed by atoms with Crippen LogP contribution in [-0.4, -0.2) is 19.6 Å². The van der Waals surface area contributed by atoms with Gasteiger partial charge in [0.2, 0.25) is 5.91 Å². The molecule has 0 aromatic heterocycles. The first-order chi connectivity index (χ1) is 10.7. The van der Waals surface area contributed by atoms with Gasteiger partial charge in [0, 0.05) is 12.1 Å². The number of ether oxygens (including phenoxy) is 2. The molecule has 5 heteroatoms. The highest BCUT2D eigenvalue weighted by atomic mass is 16.5. The Morgan fingerprint density at radius 2 is 2.14 bits per heavy atom. The van der Waals surface area contributed by atoms with Crippen molar-refractivity contribution in [2.75, 3.05) is 13.7 Å². The van der Waals surface area contributed by atoms with E-state index in [1.165, 1.54) is 12.8 Å².